The number of amides is 1. The number of carbonyl (C=O) groups excluding carboxylic acids is 2. The van der Waals surface area contributed by atoms with Gasteiger partial charge in [-0.3, -0.25) is 9.59 Å². The molecular formula is C20H33NO3. The number of carbonyl (C=O) groups is 2. The molecule has 2 aliphatic rings. The van der Waals surface area contributed by atoms with Gasteiger partial charge in [-0.15, -0.1) is 0 Å². The largest absolute Gasteiger partial charge is 0.466 e. The zero-order valence-corrected chi connectivity index (χ0v) is 15.2. The second-order valence-electron chi connectivity index (χ2n) is 7.07. The molecule has 136 valence electrons. The van der Waals surface area contributed by atoms with Gasteiger partial charge in [0.1, 0.15) is 0 Å². The van der Waals surface area contributed by atoms with Crippen molar-refractivity contribution in [2.75, 3.05) is 19.7 Å². The van der Waals surface area contributed by atoms with Gasteiger partial charge in [0, 0.05) is 19.0 Å². The third kappa shape index (κ3) is 6.29. The van der Waals surface area contributed by atoms with Crippen molar-refractivity contribution in [3.8, 4) is 0 Å². The molecule has 4 heteroatoms. The summed E-state index contributed by atoms with van der Waals surface area (Å²) in [6.07, 6.45) is 14.1. The van der Waals surface area contributed by atoms with Crippen molar-refractivity contribution in [1.29, 1.82) is 0 Å². The standard InChI is InChI=1S/C20H33NO3/c1-2-24-19(22)14-16-21(15-13-17-9-5-3-6-10-17)20(23)18-11-7-4-8-12-18/h9,18H,2-8,10-16H2,1H3. The van der Waals surface area contributed by atoms with E-state index < -0.39 is 0 Å². The lowest BCUT2D eigenvalue weighted by molar-refractivity contribution is -0.144. The van der Waals surface area contributed by atoms with Gasteiger partial charge in [0.05, 0.1) is 13.0 Å². The van der Waals surface area contributed by atoms with Crippen LogP contribution in [0.2, 0.25) is 0 Å². The smallest absolute Gasteiger partial charge is 0.307 e. The molecular weight excluding hydrogens is 302 g/mol. The van der Waals surface area contributed by atoms with Crippen LogP contribution in [-0.2, 0) is 14.3 Å². The number of esters is 1. The van der Waals surface area contributed by atoms with Crippen LogP contribution < -0.4 is 0 Å². The van der Waals surface area contributed by atoms with Gasteiger partial charge >= 0.3 is 5.97 Å². The van der Waals surface area contributed by atoms with Crippen LogP contribution in [0.4, 0.5) is 0 Å². The molecule has 0 aromatic rings. The highest BCUT2D eigenvalue weighted by Crippen LogP contribution is 2.26. The Balaban J connectivity index is 1.89. The molecule has 1 fully saturated rings. The summed E-state index contributed by atoms with van der Waals surface area (Å²) in [6.45, 7) is 3.47. The van der Waals surface area contributed by atoms with Crippen LogP contribution in [0.15, 0.2) is 11.6 Å². The molecule has 0 aliphatic heterocycles. The van der Waals surface area contributed by atoms with Gasteiger partial charge in [0.2, 0.25) is 5.91 Å². The average molecular weight is 335 g/mol. The van der Waals surface area contributed by atoms with Gasteiger partial charge in [-0.05, 0) is 51.9 Å². The first-order valence-electron chi connectivity index (χ1n) is 9.83. The molecule has 0 aromatic heterocycles. The topological polar surface area (TPSA) is 46.6 Å². The number of ether oxygens (including phenoxy) is 1. The monoisotopic (exact) mass is 335 g/mol. The van der Waals surface area contributed by atoms with Crippen molar-refractivity contribution >= 4 is 11.9 Å². The molecule has 4 nitrogen and oxygen atoms in total. The summed E-state index contributed by atoms with van der Waals surface area (Å²) in [4.78, 5) is 26.5. The summed E-state index contributed by atoms with van der Waals surface area (Å²) in [6, 6.07) is 0. The molecule has 0 radical (unpaired) electrons. The molecule has 0 bridgehead atoms. The van der Waals surface area contributed by atoms with Crippen molar-refractivity contribution in [2.45, 2.75) is 77.6 Å². The Morgan fingerprint density at radius 3 is 2.58 bits per heavy atom. The van der Waals surface area contributed by atoms with E-state index in [0.29, 0.717) is 19.6 Å². The molecule has 0 unspecified atom stereocenters. The van der Waals surface area contributed by atoms with Crippen molar-refractivity contribution in [3.05, 3.63) is 11.6 Å². The molecule has 2 aliphatic carbocycles. The molecule has 0 saturated heterocycles. The van der Waals surface area contributed by atoms with Gasteiger partial charge in [-0.2, -0.15) is 0 Å². The quantitative estimate of drug-likeness (QED) is 0.492. The van der Waals surface area contributed by atoms with Gasteiger partial charge in [0.25, 0.3) is 0 Å². The predicted octanol–water partition coefficient (Wildman–Crippen LogP) is 4.24. The first kappa shape index (κ1) is 19.0. The van der Waals surface area contributed by atoms with E-state index in [1.54, 1.807) is 0 Å². The molecule has 0 aromatic carbocycles. The summed E-state index contributed by atoms with van der Waals surface area (Å²) in [7, 11) is 0. The van der Waals surface area contributed by atoms with Gasteiger partial charge in [-0.25, -0.2) is 0 Å². The number of allylic oxidation sites excluding steroid dienone is 1. The highest BCUT2D eigenvalue weighted by atomic mass is 16.5. The zero-order chi connectivity index (χ0) is 17.2. The normalized spacial score (nSPS) is 18.8. The Hall–Kier alpha value is -1.32. The first-order chi connectivity index (χ1) is 11.7. The van der Waals surface area contributed by atoms with E-state index in [2.05, 4.69) is 6.08 Å². The number of hydrogen-bond donors (Lipinski definition) is 0. The molecule has 0 heterocycles. The Labute approximate surface area is 146 Å². The maximum absolute atomic E-state index is 12.9. The minimum atomic E-state index is -0.198. The van der Waals surface area contributed by atoms with Crippen LogP contribution in [-0.4, -0.2) is 36.5 Å². The maximum Gasteiger partial charge on any atom is 0.307 e. The number of hydrogen-bond acceptors (Lipinski definition) is 3. The maximum atomic E-state index is 12.9. The Morgan fingerprint density at radius 2 is 1.92 bits per heavy atom. The third-order valence-corrected chi connectivity index (χ3v) is 5.25. The van der Waals surface area contributed by atoms with Crippen LogP contribution >= 0.6 is 0 Å². The lowest BCUT2D eigenvalue weighted by Gasteiger charge is -2.30. The van der Waals surface area contributed by atoms with E-state index in [1.165, 1.54) is 37.7 Å². The molecule has 0 atom stereocenters. The Kier molecular flexibility index (Phi) is 8.34. The fraction of sp³-hybridized carbons (Fsp3) is 0.800. The fourth-order valence-electron chi connectivity index (χ4n) is 3.81. The summed E-state index contributed by atoms with van der Waals surface area (Å²) in [5.41, 5.74) is 1.49. The number of rotatable bonds is 8. The van der Waals surface area contributed by atoms with E-state index in [1.807, 2.05) is 11.8 Å². The Morgan fingerprint density at radius 1 is 1.12 bits per heavy atom. The second kappa shape index (κ2) is 10.5. The molecule has 0 spiro atoms. The summed E-state index contributed by atoms with van der Waals surface area (Å²) >= 11 is 0. The van der Waals surface area contributed by atoms with Gasteiger partial charge in [0.15, 0.2) is 0 Å². The minimum Gasteiger partial charge on any atom is -0.466 e. The molecule has 2 rings (SSSR count). The minimum absolute atomic E-state index is 0.168. The summed E-state index contributed by atoms with van der Waals surface area (Å²) in [5, 5.41) is 0. The molecule has 1 saturated carbocycles. The van der Waals surface area contributed by atoms with E-state index in [0.717, 1.165) is 38.6 Å². The Bertz CT molecular complexity index is 438. The number of nitrogens with zero attached hydrogens (tertiary/aromatic N) is 1. The van der Waals surface area contributed by atoms with Crippen molar-refractivity contribution < 1.29 is 14.3 Å². The van der Waals surface area contributed by atoms with E-state index in [9.17, 15) is 9.59 Å². The SMILES string of the molecule is CCOC(=O)CCN(CCC1=CCCCC1)C(=O)C1CCCCC1. The highest BCUT2D eigenvalue weighted by Gasteiger charge is 2.26. The first-order valence-corrected chi connectivity index (χ1v) is 9.83. The third-order valence-electron chi connectivity index (χ3n) is 5.25. The van der Waals surface area contributed by atoms with Crippen LogP contribution in [0.1, 0.15) is 77.6 Å². The lowest BCUT2D eigenvalue weighted by Crippen LogP contribution is -2.39. The lowest BCUT2D eigenvalue weighted by atomic mass is 9.88. The van der Waals surface area contributed by atoms with Crippen molar-refractivity contribution in [1.82, 2.24) is 4.90 Å². The van der Waals surface area contributed by atoms with Crippen molar-refractivity contribution in [2.24, 2.45) is 5.92 Å². The predicted molar refractivity (Wildman–Crippen MR) is 95.6 cm³/mol. The average Bonchev–Trinajstić information content (AvgIpc) is 2.63. The van der Waals surface area contributed by atoms with Crippen LogP contribution in [0, 0.1) is 5.92 Å². The van der Waals surface area contributed by atoms with Crippen LogP contribution in [0.5, 0.6) is 0 Å². The van der Waals surface area contributed by atoms with E-state index in [-0.39, 0.29) is 17.8 Å². The summed E-state index contributed by atoms with van der Waals surface area (Å²) in [5.74, 6) is 0.229. The van der Waals surface area contributed by atoms with E-state index >= 15 is 0 Å². The van der Waals surface area contributed by atoms with Gasteiger partial charge < -0.3 is 9.64 Å². The van der Waals surface area contributed by atoms with Crippen LogP contribution in [0.3, 0.4) is 0 Å². The van der Waals surface area contributed by atoms with E-state index in [4.69, 9.17) is 4.74 Å². The zero-order valence-electron chi connectivity index (χ0n) is 15.2. The fourth-order valence-corrected chi connectivity index (χ4v) is 3.81. The summed E-state index contributed by atoms with van der Waals surface area (Å²) < 4.78 is 5.02. The van der Waals surface area contributed by atoms with Crippen LogP contribution in [0.25, 0.3) is 0 Å². The molecule has 0 N–H and O–H groups in total. The van der Waals surface area contributed by atoms with Gasteiger partial charge in [-0.1, -0.05) is 30.9 Å². The molecule has 1 amide bonds. The van der Waals surface area contributed by atoms with Crippen molar-refractivity contribution in [3.63, 3.8) is 0 Å². The second-order valence-corrected chi connectivity index (χ2v) is 7.07. The molecule has 24 heavy (non-hydrogen) atoms. The highest BCUT2D eigenvalue weighted by molar-refractivity contribution is 5.79.